The summed E-state index contributed by atoms with van der Waals surface area (Å²) in [5.74, 6) is 0.598. The summed E-state index contributed by atoms with van der Waals surface area (Å²) in [6, 6.07) is 0. The normalized spacial score (nSPS) is 12.9. The molecule has 0 aliphatic rings. The number of amidine groups is 1. The van der Waals surface area contributed by atoms with Crippen LogP contribution in [0.25, 0.3) is 0 Å². The number of halogens is 1. The van der Waals surface area contributed by atoms with E-state index in [2.05, 4.69) is 15.4 Å². The molecule has 0 spiro atoms. The standard InChI is InChI=1S/C9H15ClN6/c1-3-6(10)15-8(11)7-9(12)16(5-13-7)14-4-2/h3,5,14H,4,12H2,1-2H3,(H2,11,15)/b6-3-. The molecular formula is C9H15ClN6. The number of aliphatic imine (C=N–C) groups is 1. The average molecular weight is 243 g/mol. The Labute approximate surface area is 99.0 Å². The van der Waals surface area contributed by atoms with Crippen molar-refractivity contribution in [3.05, 3.63) is 23.3 Å². The van der Waals surface area contributed by atoms with Crippen LogP contribution in [0.15, 0.2) is 22.6 Å². The molecule has 0 saturated heterocycles. The average Bonchev–Trinajstić information content (AvgIpc) is 2.61. The van der Waals surface area contributed by atoms with Crippen LogP contribution in [-0.4, -0.2) is 22.0 Å². The van der Waals surface area contributed by atoms with Crippen molar-refractivity contribution in [3.63, 3.8) is 0 Å². The van der Waals surface area contributed by atoms with Gasteiger partial charge in [0.05, 0.1) is 0 Å². The second-order valence-electron chi connectivity index (χ2n) is 2.97. The smallest absolute Gasteiger partial charge is 0.155 e. The number of nitrogen functional groups attached to an aromatic ring is 1. The fourth-order valence-electron chi connectivity index (χ4n) is 1.08. The highest BCUT2D eigenvalue weighted by molar-refractivity contribution is 6.30. The summed E-state index contributed by atoms with van der Waals surface area (Å²) in [5, 5.41) is 0.301. The first-order valence-corrected chi connectivity index (χ1v) is 5.21. The van der Waals surface area contributed by atoms with Crippen molar-refractivity contribution in [3.8, 4) is 0 Å². The zero-order valence-electron chi connectivity index (χ0n) is 9.24. The third-order valence-corrected chi connectivity index (χ3v) is 2.14. The number of rotatable bonds is 4. The van der Waals surface area contributed by atoms with Gasteiger partial charge in [-0.3, -0.25) is 0 Å². The molecular weight excluding hydrogens is 228 g/mol. The monoisotopic (exact) mass is 242 g/mol. The zero-order valence-corrected chi connectivity index (χ0v) is 9.99. The molecule has 0 aliphatic carbocycles. The minimum Gasteiger partial charge on any atom is -0.382 e. The Morgan fingerprint density at radius 1 is 1.75 bits per heavy atom. The van der Waals surface area contributed by atoms with E-state index in [0.717, 1.165) is 6.54 Å². The zero-order chi connectivity index (χ0) is 12.1. The second-order valence-corrected chi connectivity index (χ2v) is 3.36. The summed E-state index contributed by atoms with van der Waals surface area (Å²) in [5.41, 5.74) is 15.0. The Morgan fingerprint density at radius 3 is 3.00 bits per heavy atom. The van der Waals surface area contributed by atoms with Gasteiger partial charge in [-0.1, -0.05) is 17.7 Å². The van der Waals surface area contributed by atoms with Crippen LogP contribution in [0.3, 0.4) is 0 Å². The van der Waals surface area contributed by atoms with Crippen molar-refractivity contribution in [2.24, 2.45) is 10.7 Å². The van der Waals surface area contributed by atoms with Crippen LogP contribution in [0.1, 0.15) is 19.5 Å². The fourth-order valence-corrected chi connectivity index (χ4v) is 1.18. The molecule has 0 saturated carbocycles. The van der Waals surface area contributed by atoms with Gasteiger partial charge in [0, 0.05) is 6.54 Å². The first-order chi connectivity index (χ1) is 7.60. The third kappa shape index (κ3) is 2.66. The van der Waals surface area contributed by atoms with Gasteiger partial charge in [0.15, 0.2) is 11.7 Å². The van der Waals surface area contributed by atoms with Crippen LogP contribution in [0.2, 0.25) is 0 Å². The molecule has 0 radical (unpaired) electrons. The topological polar surface area (TPSA) is 94.2 Å². The molecule has 0 unspecified atom stereocenters. The fraction of sp³-hybridized carbons (Fsp3) is 0.333. The summed E-state index contributed by atoms with van der Waals surface area (Å²) in [6.45, 7) is 4.44. The number of hydrogen-bond donors (Lipinski definition) is 3. The minimum absolute atomic E-state index is 0.192. The molecule has 0 aromatic carbocycles. The van der Waals surface area contributed by atoms with Crippen molar-refractivity contribution in [1.82, 2.24) is 9.66 Å². The van der Waals surface area contributed by atoms with Crippen LogP contribution in [0, 0.1) is 0 Å². The highest BCUT2D eigenvalue weighted by atomic mass is 35.5. The molecule has 5 N–H and O–H groups in total. The number of aromatic nitrogens is 2. The van der Waals surface area contributed by atoms with Crippen LogP contribution in [0.4, 0.5) is 5.82 Å². The van der Waals surface area contributed by atoms with Crippen LogP contribution < -0.4 is 16.9 Å². The summed E-state index contributed by atoms with van der Waals surface area (Å²) < 4.78 is 1.58. The number of hydrogen-bond acceptors (Lipinski definition) is 4. The molecule has 0 bridgehead atoms. The molecule has 0 aliphatic heterocycles. The molecule has 0 amide bonds. The first kappa shape index (κ1) is 12.4. The van der Waals surface area contributed by atoms with Crippen molar-refractivity contribution in [2.45, 2.75) is 13.8 Å². The van der Waals surface area contributed by atoms with E-state index in [1.54, 1.807) is 24.0 Å². The van der Waals surface area contributed by atoms with Gasteiger partial charge < -0.3 is 16.9 Å². The van der Waals surface area contributed by atoms with Gasteiger partial charge in [-0.2, -0.15) is 0 Å². The Bertz CT molecular complexity index is 420. The molecule has 88 valence electrons. The van der Waals surface area contributed by atoms with Gasteiger partial charge in [0.2, 0.25) is 0 Å². The van der Waals surface area contributed by atoms with Crippen LogP contribution in [0.5, 0.6) is 0 Å². The lowest BCUT2D eigenvalue weighted by Gasteiger charge is -2.05. The third-order valence-electron chi connectivity index (χ3n) is 1.84. The van der Waals surface area contributed by atoms with Crippen molar-refractivity contribution in [1.29, 1.82) is 0 Å². The van der Waals surface area contributed by atoms with E-state index >= 15 is 0 Å². The first-order valence-electron chi connectivity index (χ1n) is 4.83. The van der Waals surface area contributed by atoms with Gasteiger partial charge >= 0.3 is 0 Å². The number of nitrogens with two attached hydrogens (primary N) is 2. The number of nitrogens with zero attached hydrogens (tertiary/aromatic N) is 3. The largest absolute Gasteiger partial charge is 0.382 e. The van der Waals surface area contributed by atoms with E-state index in [0.29, 0.717) is 16.7 Å². The summed E-state index contributed by atoms with van der Waals surface area (Å²) >= 11 is 5.73. The van der Waals surface area contributed by atoms with Gasteiger partial charge in [-0.05, 0) is 13.8 Å². The maximum absolute atomic E-state index is 5.82. The molecule has 0 fully saturated rings. The number of imidazole rings is 1. The predicted octanol–water partition coefficient (Wildman–Crippen LogP) is 0.834. The molecule has 6 nitrogen and oxygen atoms in total. The van der Waals surface area contributed by atoms with Crippen LogP contribution in [-0.2, 0) is 0 Å². The predicted molar refractivity (Wildman–Crippen MR) is 66.9 cm³/mol. The SMILES string of the molecule is C/C=C(Cl)\N=C(\N)c1ncn(NCC)c1N. The van der Waals surface area contributed by atoms with E-state index in [-0.39, 0.29) is 5.84 Å². The highest BCUT2D eigenvalue weighted by Gasteiger charge is 2.10. The number of allylic oxidation sites excluding steroid dienone is 1. The quantitative estimate of drug-likeness (QED) is 0.414. The second kappa shape index (κ2) is 5.41. The van der Waals surface area contributed by atoms with Crippen molar-refractivity contribution in [2.75, 3.05) is 17.7 Å². The highest BCUT2D eigenvalue weighted by Crippen LogP contribution is 2.10. The Kier molecular flexibility index (Phi) is 4.19. The molecule has 1 aromatic heterocycles. The molecule has 1 aromatic rings. The van der Waals surface area contributed by atoms with Gasteiger partial charge in [-0.15, -0.1) is 0 Å². The van der Waals surface area contributed by atoms with E-state index in [4.69, 9.17) is 23.1 Å². The van der Waals surface area contributed by atoms with Crippen molar-refractivity contribution < 1.29 is 0 Å². The Balaban J connectivity index is 3.01. The van der Waals surface area contributed by atoms with Gasteiger partial charge in [0.1, 0.15) is 17.2 Å². The molecule has 16 heavy (non-hydrogen) atoms. The summed E-state index contributed by atoms with van der Waals surface area (Å²) in [4.78, 5) is 7.99. The van der Waals surface area contributed by atoms with Gasteiger partial charge in [-0.25, -0.2) is 14.7 Å². The van der Waals surface area contributed by atoms with Gasteiger partial charge in [0.25, 0.3) is 0 Å². The Morgan fingerprint density at radius 2 is 2.44 bits per heavy atom. The van der Waals surface area contributed by atoms with Crippen molar-refractivity contribution >= 4 is 23.3 Å². The Hall–Kier alpha value is -1.69. The molecule has 1 heterocycles. The summed E-state index contributed by atoms with van der Waals surface area (Å²) in [6.07, 6.45) is 3.17. The molecule has 0 atom stereocenters. The molecule has 7 heteroatoms. The molecule has 1 rings (SSSR count). The minimum atomic E-state index is 0.192. The number of anilines is 1. The number of nitrogens with one attached hydrogen (secondary N) is 1. The van der Waals surface area contributed by atoms with Crippen LogP contribution >= 0.6 is 11.6 Å². The summed E-state index contributed by atoms with van der Waals surface area (Å²) in [7, 11) is 0. The van der Waals surface area contributed by atoms with E-state index < -0.39 is 0 Å². The lowest BCUT2D eigenvalue weighted by molar-refractivity contribution is 0.871. The van der Waals surface area contributed by atoms with E-state index in [1.807, 2.05) is 6.92 Å². The lowest BCUT2D eigenvalue weighted by atomic mass is 10.4. The van der Waals surface area contributed by atoms with E-state index in [1.165, 1.54) is 0 Å². The maximum Gasteiger partial charge on any atom is 0.155 e. The van der Waals surface area contributed by atoms with E-state index in [9.17, 15) is 0 Å². The maximum atomic E-state index is 5.82. The lowest BCUT2D eigenvalue weighted by Crippen LogP contribution is -2.19.